The van der Waals surface area contributed by atoms with Crippen molar-refractivity contribution < 1.29 is 8.42 Å². The van der Waals surface area contributed by atoms with Gasteiger partial charge >= 0.3 is 0 Å². The Hall–Kier alpha value is -3.22. The van der Waals surface area contributed by atoms with E-state index in [1.807, 2.05) is 91.0 Å². The van der Waals surface area contributed by atoms with Crippen LogP contribution in [0, 0.1) is 6.92 Å². The van der Waals surface area contributed by atoms with Crippen LogP contribution in [-0.2, 0) is 29.5 Å². The number of sulfonamides is 1. The Morgan fingerprint density at radius 2 is 1.31 bits per heavy atom. The molecule has 1 aromatic heterocycles. The van der Waals surface area contributed by atoms with Crippen molar-refractivity contribution in [2.24, 2.45) is 0 Å². The molecule has 0 aliphatic rings. The van der Waals surface area contributed by atoms with Gasteiger partial charge < -0.3 is 0 Å². The average molecular weight is 446 g/mol. The van der Waals surface area contributed by atoms with Gasteiger partial charge in [-0.15, -0.1) is 0 Å². The van der Waals surface area contributed by atoms with Crippen LogP contribution < -0.4 is 0 Å². The summed E-state index contributed by atoms with van der Waals surface area (Å²) in [5, 5.41) is 4.49. The van der Waals surface area contributed by atoms with Gasteiger partial charge in [-0.05, 0) is 30.0 Å². The fourth-order valence-electron chi connectivity index (χ4n) is 3.71. The minimum atomic E-state index is -3.72. The number of hydrogen-bond acceptors (Lipinski definition) is 3. The topological polar surface area (TPSA) is 55.2 Å². The number of aryl methyl sites for hydroxylation is 1. The zero-order valence-corrected chi connectivity index (χ0v) is 18.9. The first-order valence-electron chi connectivity index (χ1n) is 10.7. The van der Waals surface area contributed by atoms with E-state index in [2.05, 4.69) is 5.10 Å². The van der Waals surface area contributed by atoms with E-state index in [-0.39, 0.29) is 4.90 Å². The Morgan fingerprint density at radius 3 is 1.91 bits per heavy atom. The zero-order chi connectivity index (χ0) is 22.4. The van der Waals surface area contributed by atoms with E-state index < -0.39 is 10.0 Å². The molecule has 1 heterocycles. The maximum atomic E-state index is 13.7. The van der Waals surface area contributed by atoms with Gasteiger partial charge in [0.25, 0.3) is 0 Å². The van der Waals surface area contributed by atoms with Crippen molar-refractivity contribution in [1.82, 2.24) is 14.1 Å². The highest BCUT2D eigenvalue weighted by atomic mass is 32.2. The highest BCUT2D eigenvalue weighted by Crippen LogP contribution is 2.22. The van der Waals surface area contributed by atoms with Crippen LogP contribution in [0.15, 0.2) is 102 Å². The Morgan fingerprint density at radius 1 is 0.781 bits per heavy atom. The van der Waals surface area contributed by atoms with Crippen molar-refractivity contribution in [3.63, 3.8) is 0 Å². The van der Waals surface area contributed by atoms with Gasteiger partial charge in [-0.1, -0.05) is 91.0 Å². The third kappa shape index (κ3) is 5.33. The maximum Gasteiger partial charge on any atom is 0.246 e. The van der Waals surface area contributed by atoms with Crippen molar-refractivity contribution in [3.05, 3.63) is 120 Å². The lowest BCUT2D eigenvalue weighted by Crippen LogP contribution is -2.32. The van der Waals surface area contributed by atoms with Crippen LogP contribution in [0.3, 0.4) is 0 Å². The molecular formula is C26H27N3O2S. The lowest BCUT2D eigenvalue weighted by molar-refractivity contribution is 0.409. The van der Waals surface area contributed by atoms with Crippen LogP contribution >= 0.6 is 0 Å². The standard InChI is InChI=1S/C26H27N3O2S/c1-22-26(21-28(27-22)19-24-13-7-3-8-14-24)32(30,31)29(20-25-15-9-4-10-16-25)18-17-23-11-5-2-6-12-23/h2-16,21H,17-20H2,1H3. The van der Waals surface area contributed by atoms with Crippen molar-refractivity contribution in [1.29, 1.82) is 0 Å². The molecule has 4 rings (SSSR count). The predicted molar refractivity (Wildman–Crippen MR) is 127 cm³/mol. The quantitative estimate of drug-likeness (QED) is 0.376. The number of rotatable bonds is 9. The number of benzene rings is 3. The minimum Gasteiger partial charge on any atom is -0.267 e. The van der Waals surface area contributed by atoms with Gasteiger partial charge in [-0.2, -0.15) is 9.40 Å². The summed E-state index contributed by atoms with van der Waals surface area (Å²) in [6.07, 6.45) is 2.29. The fraction of sp³-hybridized carbons (Fsp3) is 0.192. The molecule has 0 amide bonds. The van der Waals surface area contributed by atoms with Crippen LogP contribution in [0.4, 0.5) is 0 Å². The van der Waals surface area contributed by atoms with E-state index in [9.17, 15) is 8.42 Å². The molecular weight excluding hydrogens is 418 g/mol. The second-order valence-corrected chi connectivity index (χ2v) is 9.73. The smallest absolute Gasteiger partial charge is 0.246 e. The third-order valence-electron chi connectivity index (χ3n) is 5.40. The molecule has 3 aromatic carbocycles. The molecule has 0 spiro atoms. The highest BCUT2D eigenvalue weighted by molar-refractivity contribution is 7.89. The summed E-state index contributed by atoms with van der Waals surface area (Å²) in [4.78, 5) is 0.262. The summed E-state index contributed by atoms with van der Waals surface area (Å²) < 4.78 is 30.7. The highest BCUT2D eigenvalue weighted by Gasteiger charge is 2.28. The Balaban J connectivity index is 1.61. The molecule has 6 heteroatoms. The van der Waals surface area contributed by atoms with E-state index >= 15 is 0 Å². The van der Waals surface area contributed by atoms with Crippen LogP contribution in [0.1, 0.15) is 22.4 Å². The molecule has 164 valence electrons. The lowest BCUT2D eigenvalue weighted by Gasteiger charge is -2.22. The van der Waals surface area contributed by atoms with Crippen molar-refractivity contribution >= 4 is 10.0 Å². The second kappa shape index (κ2) is 9.94. The molecule has 5 nitrogen and oxygen atoms in total. The zero-order valence-electron chi connectivity index (χ0n) is 18.1. The van der Waals surface area contributed by atoms with E-state index in [0.717, 1.165) is 16.7 Å². The Labute approximate surface area is 190 Å². The molecule has 4 aromatic rings. The molecule has 0 radical (unpaired) electrons. The van der Waals surface area contributed by atoms with E-state index in [0.29, 0.717) is 31.7 Å². The van der Waals surface area contributed by atoms with E-state index in [4.69, 9.17) is 0 Å². The normalized spacial score (nSPS) is 11.7. The molecule has 0 saturated heterocycles. The minimum absolute atomic E-state index is 0.262. The van der Waals surface area contributed by atoms with Gasteiger partial charge in [0.15, 0.2) is 0 Å². The lowest BCUT2D eigenvalue weighted by atomic mass is 10.1. The molecule has 0 N–H and O–H groups in total. The summed E-state index contributed by atoms with van der Waals surface area (Å²) in [7, 11) is -3.72. The van der Waals surface area contributed by atoms with Gasteiger partial charge in [-0.3, -0.25) is 4.68 Å². The molecule has 32 heavy (non-hydrogen) atoms. The first kappa shape index (κ1) is 22.0. The molecule has 0 atom stereocenters. The van der Waals surface area contributed by atoms with Crippen LogP contribution in [0.25, 0.3) is 0 Å². The number of aromatic nitrogens is 2. The van der Waals surface area contributed by atoms with Gasteiger partial charge in [0.2, 0.25) is 10.0 Å². The van der Waals surface area contributed by atoms with Crippen molar-refractivity contribution in [3.8, 4) is 0 Å². The van der Waals surface area contributed by atoms with Crippen LogP contribution in [0.2, 0.25) is 0 Å². The van der Waals surface area contributed by atoms with E-state index in [1.54, 1.807) is 22.1 Å². The largest absolute Gasteiger partial charge is 0.267 e. The summed E-state index contributed by atoms with van der Waals surface area (Å²) in [6.45, 7) is 3.00. The first-order chi connectivity index (χ1) is 15.5. The number of nitrogens with zero attached hydrogens (tertiary/aromatic N) is 3. The maximum absolute atomic E-state index is 13.7. The summed E-state index contributed by atoms with van der Waals surface area (Å²) >= 11 is 0. The Bertz CT molecular complexity index is 1240. The monoisotopic (exact) mass is 445 g/mol. The van der Waals surface area contributed by atoms with E-state index in [1.165, 1.54) is 0 Å². The molecule has 0 saturated carbocycles. The van der Waals surface area contributed by atoms with Crippen LogP contribution in [0.5, 0.6) is 0 Å². The van der Waals surface area contributed by atoms with Gasteiger partial charge in [0.1, 0.15) is 4.90 Å². The third-order valence-corrected chi connectivity index (χ3v) is 7.35. The molecule has 0 aliphatic heterocycles. The summed E-state index contributed by atoms with van der Waals surface area (Å²) in [5.74, 6) is 0. The van der Waals surface area contributed by atoms with Crippen LogP contribution in [-0.4, -0.2) is 29.0 Å². The average Bonchev–Trinajstić information content (AvgIpc) is 3.19. The molecule has 0 bridgehead atoms. The second-order valence-electron chi connectivity index (χ2n) is 7.82. The van der Waals surface area contributed by atoms with Crippen molar-refractivity contribution in [2.45, 2.75) is 31.3 Å². The number of hydrogen-bond donors (Lipinski definition) is 0. The van der Waals surface area contributed by atoms with Crippen molar-refractivity contribution in [2.75, 3.05) is 6.54 Å². The SMILES string of the molecule is Cc1nn(Cc2ccccc2)cc1S(=O)(=O)N(CCc1ccccc1)Cc1ccccc1. The van der Waals surface area contributed by atoms with Gasteiger partial charge in [0.05, 0.1) is 12.2 Å². The Kier molecular flexibility index (Phi) is 6.83. The summed E-state index contributed by atoms with van der Waals surface area (Å²) in [5.41, 5.74) is 3.65. The summed E-state index contributed by atoms with van der Waals surface area (Å²) in [6, 6.07) is 29.6. The molecule has 0 aliphatic carbocycles. The van der Waals surface area contributed by atoms with Gasteiger partial charge in [0, 0.05) is 19.3 Å². The molecule has 0 fully saturated rings. The molecule has 0 unspecified atom stereocenters. The first-order valence-corrected chi connectivity index (χ1v) is 12.1. The predicted octanol–water partition coefficient (Wildman–Crippen LogP) is 4.67. The van der Waals surface area contributed by atoms with Gasteiger partial charge in [-0.25, -0.2) is 8.42 Å². The fourth-order valence-corrected chi connectivity index (χ4v) is 5.31.